The number of aromatic amines is 1. The Morgan fingerprint density at radius 2 is 1.81 bits per heavy atom. The van der Waals surface area contributed by atoms with Gasteiger partial charge in [-0.2, -0.15) is 5.21 Å². The highest BCUT2D eigenvalue weighted by molar-refractivity contribution is 5.92. The number of H-pyrrole nitrogens is 1. The third-order valence-corrected chi connectivity index (χ3v) is 2.98. The summed E-state index contributed by atoms with van der Waals surface area (Å²) in [4.78, 5) is 11.9. The number of hydrogen-bond donors (Lipinski definition) is 2. The van der Waals surface area contributed by atoms with Crippen LogP contribution < -0.4 is 5.32 Å². The first kappa shape index (κ1) is 13.0. The Balaban J connectivity index is 1.64. The van der Waals surface area contributed by atoms with Crippen molar-refractivity contribution in [1.29, 1.82) is 0 Å². The molecule has 0 aliphatic heterocycles. The SMILES string of the molecule is O=C(Cc1ccc(-c2nn[nH]n2)cc1)Nc1ccccc1. The van der Waals surface area contributed by atoms with E-state index in [4.69, 9.17) is 0 Å². The second-order valence-electron chi connectivity index (χ2n) is 4.52. The minimum atomic E-state index is -0.0477. The number of tetrazole rings is 1. The molecule has 2 N–H and O–H groups in total. The van der Waals surface area contributed by atoms with Crippen LogP contribution in [-0.2, 0) is 11.2 Å². The maximum absolute atomic E-state index is 11.9. The molecule has 0 bridgehead atoms. The van der Waals surface area contributed by atoms with Crippen molar-refractivity contribution >= 4 is 11.6 Å². The van der Waals surface area contributed by atoms with Gasteiger partial charge in [-0.25, -0.2) is 0 Å². The Morgan fingerprint density at radius 1 is 1.05 bits per heavy atom. The second-order valence-corrected chi connectivity index (χ2v) is 4.52. The van der Waals surface area contributed by atoms with Crippen LogP contribution in [0.1, 0.15) is 5.56 Å². The van der Waals surface area contributed by atoms with Crippen molar-refractivity contribution in [2.75, 3.05) is 5.32 Å². The number of para-hydroxylation sites is 1. The number of amides is 1. The van der Waals surface area contributed by atoms with Gasteiger partial charge in [-0.3, -0.25) is 4.79 Å². The van der Waals surface area contributed by atoms with Gasteiger partial charge in [0.05, 0.1) is 6.42 Å². The second kappa shape index (κ2) is 5.96. The zero-order chi connectivity index (χ0) is 14.5. The summed E-state index contributed by atoms with van der Waals surface area (Å²) in [6.45, 7) is 0. The van der Waals surface area contributed by atoms with Gasteiger partial charge in [-0.05, 0) is 22.9 Å². The van der Waals surface area contributed by atoms with Crippen LogP contribution in [0.3, 0.4) is 0 Å². The van der Waals surface area contributed by atoms with E-state index < -0.39 is 0 Å². The average molecular weight is 279 g/mol. The average Bonchev–Trinajstić information content (AvgIpc) is 3.03. The van der Waals surface area contributed by atoms with Gasteiger partial charge in [0.1, 0.15) is 0 Å². The number of aromatic nitrogens is 4. The lowest BCUT2D eigenvalue weighted by molar-refractivity contribution is -0.115. The topological polar surface area (TPSA) is 83.6 Å². The monoisotopic (exact) mass is 279 g/mol. The summed E-state index contributed by atoms with van der Waals surface area (Å²) in [5, 5.41) is 16.6. The fourth-order valence-corrected chi connectivity index (χ4v) is 1.97. The van der Waals surface area contributed by atoms with Gasteiger partial charge in [0.2, 0.25) is 11.7 Å². The van der Waals surface area contributed by atoms with Crippen LogP contribution >= 0.6 is 0 Å². The molecule has 0 atom stereocenters. The summed E-state index contributed by atoms with van der Waals surface area (Å²) in [6, 6.07) is 16.9. The number of carbonyl (C=O) groups is 1. The van der Waals surface area contributed by atoms with Crippen LogP contribution in [0.2, 0.25) is 0 Å². The minimum Gasteiger partial charge on any atom is -0.326 e. The molecule has 1 heterocycles. The van der Waals surface area contributed by atoms with E-state index in [1.165, 1.54) is 0 Å². The summed E-state index contributed by atoms with van der Waals surface area (Å²) < 4.78 is 0. The van der Waals surface area contributed by atoms with Gasteiger partial charge in [0.25, 0.3) is 0 Å². The molecule has 21 heavy (non-hydrogen) atoms. The van der Waals surface area contributed by atoms with E-state index in [9.17, 15) is 4.79 Å². The quantitative estimate of drug-likeness (QED) is 0.765. The molecule has 0 spiro atoms. The number of hydrogen-bond acceptors (Lipinski definition) is 4. The number of carbonyl (C=O) groups excluding carboxylic acids is 1. The lowest BCUT2D eigenvalue weighted by Crippen LogP contribution is -2.14. The van der Waals surface area contributed by atoms with E-state index in [1.54, 1.807) is 0 Å². The molecule has 0 unspecified atom stereocenters. The van der Waals surface area contributed by atoms with E-state index >= 15 is 0 Å². The van der Waals surface area contributed by atoms with Crippen molar-refractivity contribution in [1.82, 2.24) is 20.6 Å². The van der Waals surface area contributed by atoms with Crippen molar-refractivity contribution < 1.29 is 4.79 Å². The molecule has 3 aromatic rings. The molecule has 1 amide bonds. The lowest BCUT2D eigenvalue weighted by atomic mass is 10.1. The van der Waals surface area contributed by atoms with Crippen LogP contribution in [0.4, 0.5) is 5.69 Å². The summed E-state index contributed by atoms with van der Waals surface area (Å²) in [5.74, 6) is 0.490. The summed E-state index contributed by atoms with van der Waals surface area (Å²) in [5.41, 5.74) is 2.58. The fourth-order valence-electron chi connectivity index (χ4n) is 1.97. The molecular weight excluding hydrogens is 266 g/mol. The van der Waals surface area contributed by atoms with Crippen molar-refractivity contribution in [3.63, 3.8) is 0 Å². The van der Waals surface area contributed by atoms with Crippen molar-refractivity contribution in [3.05, 3.63) is 60.2 Å². The number of anilines is 1. The van der Waals surface area contributed by atoms with Gasteiger partial charge in [0.15, 0.2) is 0 Å². The Bertz CT molecular complexity index is 708. The van der Waals surface area contributed by atoms with Crippen molar-refractivity contribution in [2.24, 2.45) is 0 Å². The van der Waals surface area contributed by atoms with Gasteiger partial charge < -0.3 is 5.32 Å². The first-order valence-electron chi connectivity index (χ1n) is 6.49. The maximum Gasteiger partial charge on any atom is 0.228 e. The zero-order valence-electron chi connectivity index (χ0n) is 11.2. The minimum absolute atomic E-state index is 0.0477. The van der Waals surface area contributed by atoms with Crippen LogP contribution in [0.25, 0.3) is 11.4 Å². The van der Waals surface area contributed by atoms with Crippen molar-refractivity contribution in [2.45, 2.75) is 6.42 Å². The van der Waals surface area contributed by atoms with E-state index in [-0.39, 0.29) is 5.91 Å². The highest BCUT2D eigenvalue weighted by atomic mass is 16.1. The van der Waals surface area contributed by atoms with Crippen LogP contribution in [0, 0.1) is 0 Å². The van der Waals surface area contributed by atoms with E-state index in [0.717, 1.165) is 16.8 Å². The van der Waals surface area contributed by atoms with E-state index in [0.29, 0.717) is 12.2 Å². The molecule has 3 rings (SSSR count). The number of rotatable bonds is 4. The Hall–Kier alpha value is -3.02. The summed E-state index contributed by atoms with van der Waals surface area (Å²) in [7, 11) is 0. The van der Waals surface area contributed by atoms with Crippen LogP contribution in [0.5, 0.6) is 0 Å². The number of nitrogens with zero attached hydrogens (tertiary/aromatic N) is 3. The predicted molar refractivity (Wildman–Crippen MR) is 78.4 cm³/mol. The highest BCUT2D eigenvalue weighted by Crippen LogP contribution is 2.14. The fraction of sp³-hybridized carbons (Fsp3) is 0.0667. The van der Waals surface area contributed by atoms with E-state index in [1.807, 2.05) is 54.6 Å². The molecule has 1 aromatic heterocycles. The standard InChI is InChI=1S/C15H13N5O/c21-14(16-13-4-2-1-3-5-13)10-11-6-8-12(9-7-11)15-17-19-20-18-15/h1-9H,10H2,(H,16,21)(H,17,18,19,20). The Labute approximate surface area is 121 Å². The predicted octanol–water partition coefficient (Wildman–Crippen LogP) is 2.05. The third kappa shape index (κ3) is 3.30. The van der Waals surface area contributed by atoms with Gasteiger partial charge >= 0.3 is 0 Å². The first-order chi connectivity index (χ1) is 10.3. The molecule has 0 fully saturated rings. The molecule has 0 aliphatic rings. The Morgan fingerprint density at radius 3 is 2.48 bits per heavy atom. The molecular formula is C15H13N5O. The van der Waals surface area contributed by atoms with Gasteiger partial charge in [0, 0.05) is 11.3 Å². The van der Waals surface area contributed by atoms with Gasteiger partial charge in [-0.1, -0.05) is 42.5 Å². The van der Waals surface area contributed by atoms with Crippen molar-refractivity contribution in [3.8, 4) is 11.4 Å². The maximum atomic E-state index is 11.9. The van der Waals surface area contributed by atoms with E-state index in [2.05, 4.69) is 25.9 Å². The summed E-state index contributed by atoms with van der Waals surface area (Å²) in [6.07, 6.45) is 0.321. The highest BCUT2D eigenvalue weighted by Gasteiger charge is 2.06. The molecule has 0 saturated heterocycles. The molecule has 2 aromatic carbocycles. The third-order valence-electron chi connectivity index (χ3n) is 2.98. The molecule has 104 valence electrons. The largest absolute Gasteiger partial charge is 0.326 e. The molecule has 6 heteroatoms. The first-order valence-corrected chi connectivity index (χ1v) is 6.49. The molecule has 6 nitrogen and oxygen atoms in total. The smallest absolute Gasteiger partial charge is 0.228 e. The van der Waals surface area contributed by atoms with Gasteiger partial charge in [-0.15, -0.1) is 10.2 Å². The summed E-state index contributed by atoms with van der Waals surface area (Å²) >= 11 is 0. The lowest BCUT2D eigenvalue weighted by Gasteiger charge is -2.05. The Kier molecular flexibility index (Phi) is 3.68. The molecule has 0 aliphatic carbocycles. The number of benzene rings is 2. The zero-order valence-corrected chi connectivity index (χ0v) is 11.2. The molecule has 0 radical (unpaired) electrons. The number of nitrogens with one attached hydrogen (secondary N) is 2. The van der Waals surface area contributed by atoms with Crippen LogP contribution in [-0.4, -0.2) is 26.5 Å². The molecule has 0 saturated carbocycles. The normalized spacial score (nSPS) is 10.3. The van der Waals surface area contributed by atoms with Crippen LogP contribution in [0.15, 0.2) is 54.6 Å².